The number of rotatable bonds is 0. The molecule has 0 heterocycles. The summed E-state index contributed by atoms with van der Waals surface area (Å²) >= 11 is 0. The summed E-state index contributed by atoms with van der Waals surface area (Å²) in [6.45, 7) is 0. The fraction of sp³-hybridized carbons (Fsp3) is 0. The standard InChI is InChI=1S/Ga.2In.2H3P.9H/h;;;2*1H3;;;;;;;;;. The van der Waals surface area contributed by atoms with E-state index >= 15 is 0 Å². The Balaban J connectivity index is 0. The first-order valence-corrected chi connectivity index (χ1v) is 0. The molecule has 0 aliphatic heterocycles. The third-order valence-electron chi connectivity index (χ3n) is 0. The molecule has 0 saturated carbocycles. The zero-order chi connectivity index (χ0) is 0. The summed E-state index contributed by atoms with van der Waals surface area (Å²) in [5, 5.41) is 0. The molecule has 0 bridgehead atoms. The van der Waals surface area contributed by atoms with E-state index in [1.807, 2.05) is 0 Å². The Kier molecular flexibility index (Phi) is 221. The summed E-state index contributed by atoms with van der Waals surface area (Å²) < 4.78 is 0. The summed E-state index contributed by atoms with van der Waals surface area (Å²) in [6, 6.07) is 0. The topological polar surface area (TPSA) is 0 Å². The number of hydrogen-bond acceptors (Lipinski definition) is 0. The van der Waals surface area contributed by atoms with Crippen LogP contribution < -0.4 is 0 Å². The van der Waals surface area contributed by atoms with Crippen LogP contribution in [0.5, 0.6) is 0 Å². The van der Waals surface area contributed by atoms with Crippen LogP contribution in [0.2, 0.25) is 0 Å². The van der Waals surface area contributed by atoms with E-state index in [1.165, 1.54) is 0 Å². The van der Waals surface area contributed by atoms with Crippen molar-refractivity contribution in [3.63, 3.8) is 0 Å². The molecule has 0 rings (SSSR count). The van der Waals surface area contributed by atoms with Crippen molar-refractivity contribution in [3.05, 3.63) is 0 Å². The van der Waals surface area contributed by atoms with Crippen molar-refractivity contribution in [1.29, 1.82) is 0 Å². The second-order valence-electron chi connectivity index (χ2n) is 0. The van der Waals surface area contributed by atoms with E-state index in [1.54, 1.807) is 0 Å². The predicted octanol–water partition coefficient (Wildman–Crippen LogP) is -3.44. The van der Waals surface area contributed by atoms with Crippen molar-refractivity contribution in [1.82, 2.24) is 0 Å². The minimum absolute atomic E-state index is 0. The molecule has 5 heteroatoms. The first kappa shape index (κ1) is 41.2. The second-order valence-corrected chi connectivity index (χ2v) is 0. The second kappa shape index (κ2) is 26.9. The van der Waals surface area contributed by atoms with Crippen molar-refractivity contribution in [2.75, 3.05) is 0 Å². The molecule has 0 fully saturated rings. The van der Waals surface area contributed by atoms with Gasteiger partial charge in [-0.05, 0) is 0 Å². The van der Waals surface area contributed by atoms with E-state index in [-0.39, 0.29) is 91.3 Å². The Morgan fingerprint density at radius 3 is 0.600 bits per heavy atom. The van der Waals surface area contributed by atoms with Crippen LogP contribution in [-0.4, -0.2) is 71.5 Å². The quantitative estimate of drug-likeness (QED) is 0.305. The van der Waals surface area contributed by atoms with Gasteiger partial charge in [-0.1, -0.05) is 0 Å². The average Bonchev–Trinajstić information content (AvgIpc) is 0. The molecule has 0 aliphatic carbocycles. The zero-order valence-electron chi connectivity index (χ0n) is 1.41. The molecule has 0 aromatic rings. The maximum atomic E-state index is 0. The van der Waals surface area contributed by atoms with E-state index in [0.29, 0.717) is 0 Å². The first-order valence-electron chi connectivity index (χ1n) is 0. The van der Waals surface area contributed by atoms with Crippen molar-refractivity contribution < 1.29 is 0 Å². The Morgan fingerprint density at radius 1 is 0.600 bits per heavy atom. The van der Waals surface area contributed by atoms with Gasteiger partial charge >= 0.3 is 71.5 Å². The molecule has 0 aliphatic rings. The predicted molar refractivity (Wildman–Crippen MR) is 52.0 cm³/mol. The van der Waals surface area contributed by atoms with Gasteiger partial charge in [-0.25, -0.2) is 0 Å². The maximum absolute atomic E-state index is 0. The molecular weight excluding hydrogens is 361 g/mol. The summed E-state index contributed by atoms with van der Waals surface area (Å²) in [7, 11) is 0. The molecule has 5 heavy (non-hydrogen) atoms. The van der Waals surface area contributed by atoms with Gasteiger partial charge in [0.05, 0.1) is 0 Å². The molecular formula is H15GaIn2P2. The van der Waals surface area contributed by atoms with Crippen LogP contribution >= 0.6 is 19.8 Å². The molecule has 2 atom stereocenters. The van der Waals surface area contributed by atoms with Crippen molar-refractivity contribution in [2.45, 2.75) is 0 Å². The van der Waals surface area contributed by atoms with Crippen molar-refractivity contribution in [2.24, 2.45) is 0 Å². The summed E-state index contributed by atoms with van der Waals surface area (Å²) in [5.74, 6) is 0. The van der Waals surface area contributed by atoms with Gasteiger partial charge in [0.25, 0.3) is 0 Å². The van der Waals surface area contributed by atoms with Crippen LogP contribution in [0, 0.1) is 0 Å². The molecule has 0 spiro atoms. The van der Waals surface area contributed by atoms with Gasteiger partial charge in [0.1, 0.15) is 0 Å². The van der Waals surface area contributed by atoms with Crippen molar-refractivity contribution in [3.8, 4) is 0 Å². The van der Waals surface area contributed by atoms with Crippen LogP contribution in [0.4, 0.5) is 0 Å². The van der Waals surface area contributed by atoms with Crippen molar-refractivity contribution >= 4 is 91.3 Å². The van der Waals surface area contributed by atoms with Gasteiger partial charge in [-0.15, -0.1) is 0 Å². The Hall–Kier alpha value is 3.24. The average molecular weight is 376 g/mol. The fourth-order valence-corrected chi connectivity index (χ4v) is 0. The summed E-state index contributed by atoms with van der Waals surface area (Å²) in [4.78, 5) is 0. The minimum atomic E-state index is 0. The van der Waals surface area contributed by atoms with Crippen LogP contribution in [-0.2, 0) is 0 Å². The first-order chi connectivity index (χ1) is 0. The van der Waals surface area contributed by atoms with Gasteiger partial charge in [0.2, 0.25) is 0 Å². The van der Waals surface area contributed by atoms with E-state index < -0.39 is 0 Å². The van der Waals surface area contributed by atoms with Crippen LogP contribution in [0.25, 0.3) is 0 Å². The van der Waals surface area contributed by atoms with E-state index in [0.717, 1.165) is 0 Å². The molecule has 0 saturated heterocycles. The molecule has 0 nitrogen and oxygen atoms in total. The van der Waals surface area contributed by atoms with Gasteiger partial charge < -0.3 is 0 Å². The summed E-state index contributed by atoms with van der Waals surface area (Å²) in [5.41, 5.74) is 0. The molecule has 0 amide bonds. The van der Waals surface area contributed by atoms with Gasteiger partial charge in [-0.2, -0.15) is 19.8 Å². The Bertz CT molecular complexity index is 7.61. The molecule has 0 aromatic carbocycles. The summed E-state index contributed by atoms with van der Waals surface area (Å²) in [6.07, 6.45) is 0. The van der Waals surface area contributed by atoms with E-state index in [9.17, 15) is 0 Å². The monoisotopic (exact) mass is 376 g/mol. The molecule has 0 aromatic heterocycles. The van der Waals surface area contributed by atoms with Crippen LogP contribution in [0.3, 0.4) is 0 Å². The fourth-order valence-electron chi connectivity index (χ4n) is 0. The third-order valence-corrected chi connectivity index (χ3v) is 0. The van der Waals surface area contributed by atoms with Crippen LogP contribution in [0.1, 0.15) is 0 Å². The van der Waals surface area contributed by atoms with Gasteiger partial charge in [-0.3, -0.25) is 0 Å². The third kappa shape index (κ3) is 18.9. The molecule has 34 valence electrons. The van der Waals surface area contributed by atoms with Crippen LogP contribution in [0.15, 0.2) is 0 Å². The number of hydrogen-bond donors (Lipinski definition) is 0. The van der Waals surface area contributed by atoms with Gasteiger partial charge in [0.15, 0.2) is 0 Å². The molecule has 0 N–H and O–H groups in total. The Morgan fingerprint density at radius 2 is 0.600 bits per heavy atom. The van der Waals surface area contributed by atoms with Gasteiger partial charge in [0, 0.05) is 0 Å². The normalized spacial score (nSPS) is 0. The zero-order valence-corrected chi connectivity index (χ0v) is 4.24. The SMILES string of the molecule is P.P.[GaH3].[InH3].[InH3]. The Labute approximate surface area is 89.9 Å². The molecule has 2 unspecified atom stereocenters. The molecule has 0 radical (unpaired) electrons. The van der Waals surface area contributed by atoms with E-state index in [2.05, 4.69) is 0 Å². The van der Waals surface area contributed by atoms with E-state index in [4.69, 9.17) is 0 Å².